The summed E-state index contributed by atoms with van der Waals surface area (Å²) in [6, 6.07) is 8.46. The van der Waals surface area contributed by atoms with Crippen LogP contribution in [0.25, 0.3) is 0 Å². The highest BCUT2D eigenvalue weighted by Gasteiger charge is 2.15. The molecule has 0 amide bonds. The van der Waals surface area contributed by atoms with Gasteiger partial charge in [0.2, 0.25) is 0 Å². The number of aliphatic imine (C=N–C) groups is 1. The quantitative estimate of drug-likeness (QED) is 0.569. The number of nitrogens with one attached hydrogen (secondary N) is 1. The summed E-state index contributed by atoms with van der Waals surface area (Å²) in [6.07, 6.45) is 2.52. The van der Waals surface area contributed by atoms with Crippen molar-refractivity contribution >= 4 is 5.96 Å². The Balaban J connectivity index is 1.89. The van der Waals surface area contributed by atoms with Gasteiger partial charge in [-0.2, -0.15) is 0 Å². The monoisotopic (exact) mass is 318 g/mol. The number of nitrogens with zero attached hydrogens (tertiary/aromatic N) is 2. The third kappa shape index (κ3) is 5.84. The summed E-state index contributed by atoms with van der Waals surface area (Å²) in [6.45, 7) is 9.68. The van der Waals surface area contributed by atoms with E-state index in [2.05, 4.69) is 53.3 Å². The van der Waals surface area contributed by atoms with Crippen LogP contribution in [0.15, 0.2) is 29.3 Å². The van der Waals surface area contributed by atoms with Crippen molar-refractivity contribution in [2.75, 3.05) is 26.2 Å². The fourth-order valence-electron chi connectivity index (χ4n) is 2.80. The molecule has 5 nitrogen and oxygen atoms in total. The zero-order valence-electron chi connectivity index (χ0n) is 14.4. The molecule has 1 atom stereocenters. The lowest BCUT2D eigenvalue weighted by atomic mass is 10.1. The standard InChI is InChI=1S/C18H30N4O/c1-3-22(4-2)14-16-9-6-5-8-15(16)12-20-18(19)21-13-17-10-7-11-23-17/h5-6,8-9,17H,3-4,7,10-14H2,1-2H3,(H3,19,20,21). The smallest absolute Gasteiger partial charge is 0.189 e. The van der Waals surface area contributed by atoms with Crippen LogP contribution < -0.4 is 11.1 Å². The van der Waals surface area contributed by atoms with Crippen molar-refractivity contribution in [1.29, 1.82) is 0 Å². The minimum Gasteiger partial charge on any atom is -0.376 e. The van der Waals surface area contributed by atoms with Crippen LogP contribution in [-0.2, 0) is 17.8 Å². The maximum Gasteiger partial charge on any atom is 0.189 e. The van der Waals surface area contributed by atoms with E-state index in [1.54, 1.807) is 0 Å². The molecule has 1 fully saturated rings. The fourth-order valence-corrected chi connectivity index (χ4v) is 2.80. The molecule has 0 aliphatic carbocycles. The van der Waals surface area contributed by atoms with E-state index in [9.17, 15) is 0 Å². The van der Waals surface area contributed by atoms with E-state index in [-0.39, 0.29) is 6.10 Å². The van der Waals surface area contributed by atoms with Crippen LogP contribution in [-0.4, -0.2) is 43.2 Å². The van der Waals surface area contributed by atoms with Gasteiger partial charge in [-0.25, -0.2) is 4.99 Å². The van der Waals surface area contributed by atoms with Crippen molar-refractivity contribution in [3.05, 3.63) is 35.4 Å². The number of nitrogens with two attached hydrogens (primary N) is 1. The molecule has 128 valence electrons. The Kier molecular flexibility index (Phi) is 7.36. The molecule has 1 aliphatic rings. The van der Waals surface area contributed by atoms with E-state index in [4.69, 9.17) is 10.5 Å². The summed E-state index contributed by atoms with van der Waals surface area (Å²) >= 11 is 0. The highest BCUT2D eigenvalue weighted by molar-refractivity contribution is 5.77. The Bertz CT molecular complexity index is 494. The average molecular weight is 318 g/mol. The molecule has 0 saturated carbocycles. The summed E-state index contributed by atoms with van der Waals surface area (Å²) < 4.78 is 5.58. The maximum absolute atomic E-state index is 5.98. The van der Waals surface area contributed by atoms with Gasteiger partial charge in [0.15, 0.2) is 5.96 Å². The van der Waals surface area contributed by atoms with Crippen molar-refractivity contribution in [1.82, 2.24) is 10.2 Å². The fraction of sp³-hybridized carbons (Fsp3) is 0.611. The Morgan fingerprint density at radius 1 is 1.30 bits per heavy atom. The van der Waals surface area contributed by atoms with Gasteiger partial charge < -0.3 is 15.8 Å². The molecule has 23 heavy (non-hydrogen) atoms. The van der Waals surface area contributed by atoms with E-state index in [1.807, 2.05) is 0 Å². The Morgan fingerprint density at radius 3 is 2.70 bits per heavy atom. The van der Waals surface area contributed by atoms with E-state index in [0.717, 1.165) is 45.6 Å². The number of guanidine groups is 1. The predicted octanol–water partition coefficient (Wildman–Crippen LogP) is 2.11. The Labute approximate surface area is 139 Å². The van der Waals surface area contributed by atoms with Gasteiger partial charge in [-0.15, -0.1) is 0 Å². The summed E-state index contributed by atoms with van der Waals surface area (Å²) in [5, 5.41) is 3.17. The van der Waals surface area contributed by atoms with Gasteiger partial charge in [0.05, 0.1) is 12.6 Å². The van der Waals surface area contributed by atoms with Crippen LogP contribution in [0.5, 0.6) is 0 Å². The maximum atomic E-state index is 5.98. The van der Waals surface area contributed by atoms with E-state index >= 15 is 0 Å². The lowest BCUT2D eigenvalue weighted by Gasteiger charge is -2.19. The van der Waals surface area contributed by atoms with Crippen LogP contribution in [0.2, 0.25) is 0 Å². The van der Waals surface area contributed by atoms with Crippen LogP contribution in [0.4, 0.5) is 0 Å². The van der Waals surface area contributed by atoms with Crippen molar-refractivity contribution in [3.63, 3.8) is 0 Å². The minimum atomic E-state index is 0.277. The molecule has 2 rings (SSSR count). The molecule has 1 saturated heterocycles. The topological polar surface area (TPSA) is 62.9 Å². The van der Waals surface area contributed by atoms with Crippen molar-refractivity contribution in [3.8, 4) is 0 Å². The van der Waals surface area contributed by atoms with Crippen molar-refractivity contribution in [2.45, 2.75) is 45.9 Å². The highest BCUT2D eigenvalue weighted by Crippen LogP contribution is 2.13. The average Bonchev–Trinajstić information content (AvgIpc) is 3.10. The van der Waals surface area contributed by atoms with Crippen LogP contribution in [0.1, 0.15) is 37.8 Å². The molecule has 1 aliphatic heterocycles. The highest BCUT2D eigenvalue weighted by atomic mass is 16.5. The minimum absolute atomic E-state index is 0.277. The first-order valence-corrected chi connectivity index (χ1v) is 8.67. The zero-order valence-corrected chi connectivity index (χ0v) is 14.4. The number of hydrogen-bond donors (Lipinski definition) is 2. The van der Waals surface area contributed by atoms with Crippen LogP contribution in [0, 0.1) is 0 Å². The van der Waals surface area contributed by atoms with E-state index in [0.29, 0.717) is 12.5 Å². The molecular weight excluding hydrogens is 288 g/mol. The van der Waals surface area contributed by atoms with Gasteiger partial charge in [-0.1, -0.05) is 38.1 Å². The number of hydrogen-bond acceptors (Lipinski definition) is 3. The molecule has 1 unspecified atom stereocenters. The first-order valence-electron chi connectivity index (χ1n) is 8.67. The number of rotatable bonds is 8. The second-order valence-corrected chi connectivity index (χ2v) is 5.95. The van der Waals surface area contributed by atoms with Gasteiger partial charge in [-0.3, -0.25) is 4.90 Å². The third-order valence-electron chi connectivity index (χ3n) is 4.36. The van der Waals surface area contributed by atoms with Gasteiger partial charge >= 0.3 is 0 Å². The SMILES string of the molecule is CCN(CC)Cc1ccccc1CN=C(N)NCC1CCCO1. The molecule has 1 aromatic carbocycles. The van der Waals surface area contributed by atoms with Crippen LogP contribution >= 0.6 is 0 Å². The molecule has 0 radical (unpaired) electrons. The number of benzene rings is 1. The van der Waals surface area contributed by atoms with Gasteiger partial charge in [-0.05, 0) is 37.1 Å². The second-order valence-electron chi connectivity index (χ2n) is 5.95. The summed E-state index contributed by atoms with van der Waals surface area (Å²) in [7, 11) is 0. The molecule has 0 aromatic heterocycles. The van der Waals surface area contributed by atoms with Gasteiger partial charge in [0, 0.05) is 19.7 Å². The predicted molar refractivity (Wildman–Crippen MR) is 95.4 cm³/mol. The molecule has 1 heterocycles. The summed E-state index contributed by atoms with van der Waals surface area (Å²) in [5.41, 5.74) is 8.54. The zero-order chi connectivity index (χ0) is 16.5. The molecule has 3 N–H and O–H groups in total. The van der Waals surface area contributed by atoms with Crippen molar-refractivity contribution in [2.24, 2.45) is 10.7 Å². The third-order valence-corrected chi connectivity index (χ3v) is 4.36. The Morgan fingerprint density at radius 2 is 2.04 bits per heavy atom. The lowest BCUT2D eigenvalue weighted by Crippen LogP contribution is -2.37. The van der Waals surface area contributed by atoms with Gasteiger partial charge in [0.25, 0.3) is 0 Å². The first-order chi connectivity index (χ1) is 11.2. The van der Waals surface area contributed by atoms with Crippen molar-refractivity contribution < 1.29 is 4.74 Å². The van der Waals surface area contributed by atoms with E-state index in [1.165, 1.54) is 11.1 Å². The molecule has 0 spiro atoms. The van der Waals surface area contributed by atoms with E-state index < -0.39 is 0 Å². The molecule has 1 aromatic rings. The number of ether oxygens (including phenoxy) is 1. The normalized spacial score (nSPS) is 18.6. The molecular formula is C18H30N4O. The summed E-state index contributed by atoms with van der Waals surface area (Å²) in [5.74, 6) is 0.498. The molecule has 5 heteroatoms. The Hall–Kier alpha value is -1.59. The molecule has 0 bridgehead atoms. The second kappa shape index (κ2) is 9.53. The lowest BCUT2D eigenvalue weighted by molar-refractivity contribution is 0.114. The summed E-state index contributed by atoms with van der Waals surface area (Å²) in [4.78, 5) is 6.89. The first kappa shape index (κ1) is 17.8. The van der Waals surface area contributed by atoms with Gasteiger partial charge in [0.1, 0.15) is 0 Å². The van der Waals surface area contributed by atoms with Crippen LogP contribution in [0.3, 0.4) is 0 Å². The largest absolute Gasteiger partial charge is 0.376 e.